The van der Waals surface area contributed by atoms with Gasteiger partial charge in [0.2, 0.25) is 0 Å². The lowest BCUT2D eigenvalue weighted by Crippen LogP contribution is -2.34. The molecule has 3 nitrogen and oxygen atoms in total. The molecule has 0 fully saturated rings. The van der Waals surface area contributed by atoms with Crippen molar-refractivity contribution in [1.82, 2.24) is 0 Å². The summed E-state index contributed by atoms with van der Waals surface area (Å²) in [5.41, 5.74) is 0.573. The second-order valence-corrected chi connectivity index (χ2v) is 10.1. The Morgan fingerprint density at radius 3 is 2.00 bits per heavy atom. The highest BCUT2D eigenvalue weighted by molar-refractivity contribution is 6.77. The SMILES string of the molecule is COCCOCC(COC)[Si](C)(C)C. The van der Waals surface area contributed by atoms with Gasteiger partial charge in [0.15, 0.2) is 0 Å². The Balaban J connectivity index is 3.74. The van der Waals surface area contributed by atoms with Crippen LogP contribution in [0.5, 0.6) is 0 Å². The van der Waals surface area contributed by atoms with Crippen LogP contribution in [0.25, 0.3) is 0 Å². The molecule has 86 valence electrons. The van der Waals surface area contributed by atoms with Crippen molar-refractivity contribution in [2.45, 2.75) is 25.2 Å². The number of methoxy groups -OCH3 is 2. The van der Waals surface area contributed by atoms with Gasteiger partial charge in [0.25, 0.3) is 0 Å². The first kappa shape index (κ1) is 14.1. The fourth-order valence-electron chi connectivity index (χ4n) is 1.12. The maximum absolute atomic E-state index is 5.54. The molecule has 0 aliphatic carbocycles. The number of rotatable bonds is 8. The zero-order chi connectivity index (χ0) is 11.0. The van der Waals surface area contributed by atoms with E-state index in [1.165, 1.54) is 0 Å². The summed E-state index contributed by atoms with van der Waals surface area (Å²) >= 11 is 0. The van der Waals surface area contributed by atoms with Crippen LogP contribution in [0.1, 0.15) is 0 Å². The Labute approximate surface area is 88.7 Å². The molecule has 4 heteroatoms. The van der Waals surface area contributed by atoms with E-state index in [-0.39, 0.29) is 0 Å². The van der Waals surface area contributed by atoms with Crippen molar-refractivity contribution in [2.75, 3.05) is 40.6 Å². The predicted octanol–water partition coefficient (Wildman–Crippen LogP) is 2.00. The molecule has 0 saturated heterocycles. The molecule has 0 N–H and O–H groups in total. The first-order valence-corrected chi connectivity index (χ1v) is 8.65. The van der Waals surface area contributed by atoms with Crippen LogP contribution in [0, 0.1) is 0 Å². The van der Waals surface area contributed by atoms with Crippen molar-refractivity contribution < 1.29 is 14.2 Å². The Kier molecular flexibility index (Phi) is 7.45. The molecular formula is C10H24O3Si. The summed E-state index contributed by atoms with van der Waals surface area (Å²) in [7, 11) is 2.28. The third kappa shape index (κ3) is 6.54. The Bertz CT molecular complexity index is 134. The van der Waals surface area contributed by atoms with Crippen LogP contribution in [-0.2, 0) is 14.2 Å². The third-order valence-electron chi connectivity index (χ3n) is 2.34. The zero-order valence-corrected chi connectivity index (χ0v) is 11.1. The summed E-state index contributed by atoms with van der Waals surface area (Å²) in [6.45, 7) is 9.99. The minimum atomic E-state index is -1.16. The highest BCUT2D eigenvalue weighted by Gasteiger charge is 2.26. The predicted molar refractivity (Wildman–Crippen MR) is 61.7 cm³/mol. The van der Waals surface area contributed by atoms with Crippen LogP contribution in [0.3, 0.4) is 0 Å². The van der Waals surface area contributed by atoms with Crippen LogP contribution in [0.2, 0.25) is 25.2 Å². The van der Waals surface area contributed by atoms with Gasteiger partial charge in [-0.15, -0.1) is 0 Å². The van der Waals surface area contributed by atoms with Crippen LogP contribution < -0.4 is 0 Å². The minimum Gasteiger partial charge on any atom is -0.385 e. The highest BCUT2D eigenvalue weighted by atomic mass is 28.3. The van der Waals surface area contributed by atoms with Gasteiger partial charge in [0.05, 0.1) is 21.3 Å². The van der Waals surface area contributed by atoms with Crippen molar-refractivity contribution in [3.8, 4) is 0 Å². The topological polar surface area (TPSA) is 27.7 Å². The molecule has 1 unspecified atom stereocenters. The van der Waals surface area contributed by atoms with Gasteiger partial charge in [-0.25, -0.2) is 0 Å². The maximum Gasteiger partial charge on any atom is 0.0700 e. The Hall–Kier alpha value is 0.0969. The van der Waals surface area contributed by atoms with E-state index in [2.05, 4.69) is 19.6 Å². The van der Waals surface area contributed by atoms with E-state index in [1.807, 2.05) is 0 Å². The highest BCUT2D eigenvalue weighted by Crippen LogP contribution is 2.22. The maximum atomic E-state index is 5.54. The molecule has 0 saturated carbocycles. The molecule has 0 aromatic carbocycles. The van der Waals surface area contributed by atoms with Crippen molar-refractivity contribution in [3.05, 3.63) is 0 Å². The molecule has 14 heavy (non-hydrogen) atoms. The minimum absolute atomic E-state index is 0.573. The molecule has 0 spiro atoms. The molecule has 0 aliphatic heterocycles. The fourth-order valence-corrected chi connectivity index (χ4v) is 2.40. The summed E-state index contributed by atoms with van der Waals surface area (Å²) in [5, 5.41) is 0. The van der Waals surface area contributed by atoms with Crippen molar-refractivity contribution in [3.63, 3.8) is 0 Å². The van der Waals surface area contributed by atoms with E-state index in [0.717, 1.165) is 13.2 Å². The molecule has 0 aliphatic rings. The summed E-state index contributed by atoms with van der Waals surface area (Å²) in [5.74, 6) is 0. The van der Waals surface area contributed by atoms with E-state index in [9.17, 15) is 0 Å². The lowest BCUT2D eigenvalue weighted by Gasteiger charge is -2.28. The molecular weight excluding hydrogens is 196 g/mol. The van der Waals surface area contributed by atoms with E-state index in [0.29, 0.717) is 18.8 Å². The zero-order valence-electron chi connectivity index (χ0n) is 10.1. The van der Waals surface area contributed by atoms with E-state index < -0.39 is 8.07 Å². The molecule has 0 bridgehead atoms. The van der Waals surface area contributed by atoms with Gasteiger partial charge in [-0.3, -0.25) is 0 Å². The van der Waals surface area contributed by atoms with E-state index in [1.54, 1.807) is 14.2 Å². The van der Waals surface area contributed by atoms with Crippen LogP contribution >= 0.6 is 0 Å². The lowest BCUT2D eigenvalue weighted by molar-refractivity contribution is 0.0576. The molecule has 0 radical (unpaired) electrons. The van der Waals surface area contributed by atoms with Gasteiger partial charge in [-0.1, -0.05) is 19.6 Å². The second-order valence-electron chi connectivity index (χ2n) is 4.59. The third-order valence-corrected chi connectivity index (χ3v) is 5.13. The van der Waals surface area contributed by atoms with Crippen molar-refractivity contribution in [1.29, 1.82) is 0 Å². The largest absolute Gasteiger partial charge is 0.385 e. The van der Waals surface area contributed by atoms with Crippen LogP contribution in [0.15, 0.2) is 0 Å². The Morgan fingerprint density at radius 2 is 1.57 bits per heavy atom. The molecule has 0 amide bonds. The van der Waals surface area contributed by atoms with Gasteiger partial charge in [0, 0.05) is 33.0 Å². The summed E-state index contributed by atoms with van der Waals surface area (Å²) in [4.78, 5) is 0. The summed E-state index contributed by atoms with van der Waals surface area (Å²) in [6.07, 6.45) is 0. The van der Waals surface area contributed by atoms with Gasteiger partial charge in [0.1, 0.15) is 0 Å². The second kappa shape index (κ2) is 7.40. The van der Waals surface area contributed by atoms with E-state index in [4.69, 9.17) is 14.2 Å². The molecule has 1 atom stereocenters. The smallest absolute Gasteiger partial charge is 0.0700 e. The summed E-state index contributed by atoms with van der Waals surface area (Å²) in [6, 6.07) is 0. The van der Waals surface area contributed by atoms with Gasteiger partial charge >= 0.3 is 0 Å². The number of hydrogen-bond acceptors (Lipinski definition) is 3. The Morgan fingerprint density at radius 1 is 0.929 bits per heavy atom. The quantitative estimate of drug-likeness (QED) is 0.462. The first-order chi connectivity index (χ1) is 6.52. The lowest BCUT2D eigenvalue weighted by atomic mass is 10.5. The van der Waals surface area contributed by atoms with Gasteiger partial charge in [-0.2, -0.15) is 0 Å². The van der Waals surface area contributed by atoms with Gasteiger partial charge < -0.3 is 14.2 Å². The number of ether oxygens (including phenoxy) is 3. The first-order valence-electron chi connectivity index (χ1n) is 5.08. The van der Waals surface area contributed by atoms with Crippen molar-refractivity contribution in [2.24, 2.45) is 0 Å². The monoisotopic (exact) mass is 220 g/mol. The average molecular weight is 220 g/mol. The molecule has 0 rings (SSSR count). The van der Waals surface area contributed by atoms with E-state index >= 15 is 0 Å². The standard InChI is InChI=1S/C10H24O3Si/c1-11-6-7-13-9-10(8-12-2)14(3,4)5/h10H,6-9H2,1-5H3. The fraction of sp³-hybridized carbons (Fsp3) is 1.00. The van der Waals surface area contributed by atoms with Crippen molar-refractivity contribution >= 4 is 8.07 Å². The van der Waals surface area contributed by atoms with Crippen LogP contribution in [0.4, 0.5) is 0 Å². The average Bonchev–Trinajstić information content (AvgIpc) is 2.08. The molecule has 0 aromatic rings. The molecule has 0 aromatic heterocycles. The van der Waals surface area contributed by atoms with Gasteiger partial charge in [-0.05, 0) is 0 Å². The normalized spacial score (nSPS) is 14.4. The van der Waals surface area contributed by atoms with Crippen LogP contribution in [-0.4, -0.2) is 48.7 Å². The summed E-state index contributed by atoms with van der Waals surface area (Å²) < 4.78 is 15.7. The number of hydrogen-bond donors (Lipinski definition) is 0. The molecule has 0 heterocycles.